The van der Waals surface area contributed by atoms with Gasteiger partial charge in [0.05, 0.1) is 34.0 Å². The summed E-state index contributed by atoms with van der Waals surface area (Å²) in [7, 11) is 0. The van der Waals surface area contributed by atoms with Gasteiger partial charge in [-0.15, -0.1) is 0 Å². The average molecular weight is 586 g/mol. The molecule has 2 aliphatic rings. The maximum atomic E-state index is 13.6. The number of ether oxygens (including phenoxy) is 2. The Balaban J connectivity index is 1.33. The summed E-state index contributed by atoms with van der Waals surface area (Å²) in [5.41, 5.74) is -2.76. The van der Waals surface area contributed by atoms with Crippen LogP contribution in [0.3, 0.4) is 0 Å². The van der Waals surface area contributed by atoms with Crippen molar-refractivity contribution in [1.29, 1.82) is 5.26 Å². The molecule has 3 heterocycles. The van der Waals surface area contributed by atoms with Crippen molar-refractivity contribution in [1.82, 2.24) is 14.8 Å². The second kappa shape index (κ2) is 10.5. The largest absolute Gasteiger partial charge is 0.494 e. The molecule has 3 aromatic rings. The van der Waals surface area contributed by atoms with E-state index in [9.17, 15) is 28.2 Å². The molecule has 2 aromatic carbocycles. The molecule has 222 valence electrons. The average Bonchev–Trinajstić information content (AvgIpc) is 3.29. The van der Waals surface area contributed by atoms with Gasteiger partial charge in [0.1, 0.15) is 23.6 Å². The summed E-state index contributed by atoms with van der Waals surface area (Å²) in [5.74, 6) is -0.240. The Morgan fingerprint density at radius 3 is 2.26 bits per heavy atom. The number of urea groups is 1. The van der Waals surface area contributed by atoms with Gasteiger partial charge < -0.3 is 30.3 Å². The maximum Gasteiger partial charge on any atom is 0.417 e. The summed E-state index contributed by atoms with van der Waals surface area (Å²) < 4.78 is 54.0. The number of nitriles is 1. The number of alkyl halides is 3. The number of anilines is 1. The van der Waals surface area contributed by atoms with E-state index in [4.69, 9.17) is 14.7 Å². The number of halogens is 3. The number of hydrogen-bond donors (Lipinski definition) is 4. The lowest BCUT2D eigenvalue weighted by molar-refractivity contribution is -0.187. The van der Waals surface area contributed by atoms with E-state index in [-0.39, 0.29) is 11.7 Å². The fraction of sp³-hybridized carbons (Fsp3) is 0.379. The van der Waals surface area contributed by atoms with Crippen LogP contribution in [-0.4, -0.2) is 58.5 Å². The molecule has 1 fully saturated rings. The normalized spacial score (nSPS) is 21.5. The van der Waals surface area contributed by atoms with Crippen molar-refractivity contribution in [2.45, 2.75) is 38.1 Å². The van der Waals surface area contributed by atoms with Gasteiger partial charge in [-0.1, -0.05) is 0 Å². The Bertz CT molecular complexity index is 1520. The number of carbonyl (C=O) groups is 1. The zero-order chi connectivity index (χ0) is 30.4. The van der Waals surface area contributed by atoms with Crippen LogP contribution in [0.1, 0.15) is 43.0 Å². The highest BCUT2D eigenvalue weighted by Gasteiger charge is 2.58. The topological polar surface area (TPSA) is 132 Å². The lowest BCUT2D eigenvalue weighted by Gasteiger charge is -2.43. The fourth-order valence-corrected chi connectivity index (χ4v) is 5.95. The molecule has 5 rings (SSSR count). The zero-order valence-electron chi connectivity index (χ0n) is 23.2. The maximum absolute atomic E-state index is 13.6. The molecule has 13 heteroatoms. The number of fused-ring (bicyclic) bond motifs is 5. The van der Waals surface area contributed by atoms with E-state index in [0.29, 0.717) is 55.3 Å². The standard InChI is InChI=1S/C29H30F3N5O5/c1-4-34-26(40)35-18-6-9-20(10-7-18)41-12-11-36-15-27(2)22-23(28(3,16-36)42-27)25(39)37(24(22)38)19-8-5-17(14-33)21(13-19)29(30,31)32/h5-10,13,38-39H,4,11-12,15-16H2,1-3H3,(H2,34,35,40). The Labute approximate surface area is 239 Å². The number of nitrogens with zero attached hydrogens (tertiary/aromatic N) is 3. The zero-order valence-corrected chi connectivity index (χ0v) is 23.2. The van der Waals surface area contributed by atoms with Crippen molar-refractivity contribution < 1.29 is 37.7 Å². The Kier molecular flexibility index (Phi) is 7.24. The van der Waals surface area contributed by atoms with E-state index >= 15 is 0 Å². The molecule has 2 unspecified atom stereocenters. The van der Waals surface area contributed by atoms with Crippen LogP contribution in [0.25, 0.3) is 5.69 Å². The molecule has 0 saturated carbocycles. The van der Waals surface area contributed by atoms with Gasteiger partial charge in [0, 0.05) is 31.9 Å². The van der Waals surface area contributed by atoms with E-state index in [0.717, 1.165) is 16.7 Å². The molecule has 1 aromatic heterocycles. The number of hydrogen-bond acceptors (Lipinski definition) is 7. The molecule has 0 aliphatic carbocycles. The first-order valence-electron chi connectivity index (χ1n) is 13.3. The van der Waals surface area contributed by atoms with Gasteiger partial charge in [-0.05, 0) is 63.2 Å². The van der Waals surface area contributed by atoms with E-state index < -0.39 is 40.3 Å². The number of rotatable bonds is 7. The van der Waals surface area contributed by atoms with Gasteiger partial charge in [0.15, 0.2) is 0 Å². The van der Waals surface area contributed by atoms with Gasteiger partial charge in [-0.3, -0.25) is 9.47 Å². The minimum Gasteiger partial charge on any atom is -0.494 e. The van der Waals surface area contributed by atoms with Crippen LogP contribution in [0.15, 0.2) is 42.5 Å². The molecule has 2 amide bonds. The van der Waals surface area contributed by atoms with Crippen LogP contribution < -0.4 is 15.4 Å². The van der Waals surface area contributed by atoms with Gasteiger partial charge >= 0.3 is 12.2 Å². The summed E-state index contributed by atoms with van der Waals surface area (Å²) in [6, 6.07) is 11.2. The number of aromatic nitrogens is 1. The predicted molar refractivity (Wildman–Crippen MR) is 146 cm³/mol. The highest BCUT2D eigenvalue weighted by Crippen LogP contribution is 2.59. The molecule has 2 bridgehead atoms. The Morgan fingerprint density at radius 1 is 1.10 bits per heavy atom. The first kappa shape index (κ1) is 29.1. The lowest BCUT2D eigenvalue weighted by Crippen LogP contribution is -2.52. The van der Waals surface area contributed by atoms with Gasteiger partial charge in [0.25, 0.3) is 0 Å². The summed E-state index contributed by atoms with van der Waals surface area (Å²) in [4.78, 5) is 13.7. The number of nitrogens with one attached hydrogen (secondary N) is 2. The van der Waals surface area contributed by atoms with Crippen LogP contribution in [-0.2, 0) is 22.1 Å². The number of aromatic hydroxyl groups is 2. The molecule has 2 atom stereocenters. The predicted octanol–water partition coefficient (Wildman–Crippen LogP) is 4.78. The van der Waals surface area contributed by atoms with Crippen LogP contribution in [0.5, 0.6) is 17.5 Å². The molecule has 1 saturated heterocycles. The molecule has 2 aliphatic heterocycles. The molecule has 0 radical (unpaired) electrons. The first-order chi connectivity index (χ1) is 19.8. The van der Waals surface area contributed by atoms with Crippen LogP contribution in [0.2, 0.25) is 0 Å². The molecule has 4 N–H and O–H groups in total. The number of morpholine rings is 1. The SMILES string of the molecule is CCNC(=O)Nc1ccc(OCCN2CC3(C)OC(C)(C2)c2c3c(O)n(-c3ccc(C#N)c(C(F)(F)F)c3)c2O)cc1. The number of carbonyl (C=O) groups excluding carboxylic acids is 1. The smallest absolute Gasteiger partial charge is 0.417 e. The van der Waals surface area contributed by atoms with Crippen molar-refractivity contribution in [3.05, 3.63) is 64.7 Å². The minimum absolute atomic E-state index is 0.131. The van der Waals surface area contributed by atoms with Crippen molar-refractivity contribution in [3.63, 3.8) is 0 Å². The third kappa shape index (κ3) is 5.08. The quantitative estimate of drug-likeness (QED) is 0.314. The van der Waals surface area contributed by atoms with E-state index in [2.05, 4.69) is 15.5 Å². The summed E-state index contributed by atoms with van der Waals surface area (Å²) in [5, 5.41) is 37.0. The van der Waals surface area contributed by atoms with E-state index in [1.54, 1.807) is 38.1 Å². The van der Waals surface area contributed by atoms with Crippen molar-refractivity contribution in [3.8, 4) is 29.3 Å². The minimum atomic E-state index is -4.80. The number of amides is 2. The highest BCUT2D eigenvalue weighted by molar-refractivity contribution is 5.89. The fourth-order valence-electron chi connectivity index (χ4n) is 5.95. The molecule has 10 nitrogen and oxygen atoms in total. The molecular weight excluding hydrogens is 555 g/mol. The summed E-state index contributed by atoms with van der Waals surface area (Å²) >= 11 is 0. The molecule has 0 spiro atoms. The molecular formula is C29H30F3N5O5. The van der Waals surface area contributed by atoms with Crippen LogP contribution in [0, 0.1) is 11.3 Å². The second-order valence-corrected chi connectivity index (χ2v) is 10.7. The van der Waals surface area contributed by atoms with Crippen molar-refractivity contribution >= 4 is 11.7 Å². The number of benzene rings is 2. The Hall–Kier alpha value is -4.41. The van der Waals surface area contributed by atoms with Crippen molar-refractivity contribution in [2.75, 3.05) is 38.1 Å². The van der Waals surface area contributed by atoms with Gasteiger partial charge in [-0.25, -0.2) is 4.79 Å². The third-order valence-electron chi connectivity index (χ3n) is 7.49. The summed E-state index contributed by atoms with van der Waals surface area (Å²) in [6.45, 7) is 7.32. The third-order valence-corrected chi connectivity index (χ3v) is 7.49. The highest BCUT2D eigenvalue weighted by atomic mass is 19.4. The first-order valence-corrected chi connectivity index (χ1v) is 13.3. The van der Waals surface area contributed by atoms with Crippen molar-refractivity contribution in [2.24, 2.45) is 0 Å². The second-order valence-electron chi connectivity index (χ2n) is 10.7. The van der Waals surface area contributed by atoms with E-state index in [1.807, 2.05) is 6.92 Å². The van der Waals surface area contributed by atoms with Crippen LogP contribution in [0.4, 0.5) is 23.7 Å². The molecule has 42 heavy (non-hydrogen) atoms. The Morgan fingerprint density at radius 2 is 1.71 bits per heavy atom. The lowest BCUT2D eigenvalue weighted by atomic mass is 9.94. The van der Waals surface area contributed by atoms with Crippen LogP contribution >= 0.6 is 0 Å². The monoisotopic (exact) mass is 585 g/mol. The van der Waals surface area contributed by atoms with Gasteiger partial charge in [-0.2, -0.15) is 18.4 Å². The van der Waals surface area contributed by atoms with E-state index in [1.165, 1.54) is 12.1 Å². The summed E-state index contributed by atoms with van der Waals surface area (Å²) in [6.07, 6.45) is -4.80. The van der Waals surface area contributed by atoms with Gasteiger partial charge in [0.2, 0.25) is 11.8 Å².